The van der Waals surface area contributed by atoms with Crippen molar-refractivity contribution in [1.29, 1.82) is 0 Å². The van der Waals surface area contributed by atoms with Crippen LogP contribution in [0.4, 0.5) is 5.69 Å². The maximum atomic E-state index is 12.0. The Kier molecular flexibility index (Phi) is 5.84. The summed E-state index contributed by atoms with van der Waals surface area (Å²) in [6.07, 6.45) is 0. The first-order valence-electron chi connectivity index (χ1n) is 6.79. The van der Waals surface area contributed by atoms with Gasteiger partial charge in [0.2, 0.25) is 0 Å². The van der Waals surface area contributed by atoms with E-state index < -0.39 is 5.91 Å². The van der Waals surface area contributed by atoms with Crippen LogP contribution in [-0.4, -0.2) is 25.4 Å². The molecule has 0 radical (unpaired) electrons. The molecule has 0 atom stereocenters. The molecule has 23 heavy (non-hydrogen) atoms. The molecule has 0 heterocycles. The van der Waals surface area contributed by atoms with Gasteiger partial charge in [-0.25, -0.2) is 0 Å². The minimum Gasteiger partial charge on any atom is -0.343 e. The molecule has 7 heteroatoms. The van der Waals surface area contributed by atoms with Crippen LogP contribution in [0, 0.1) is 0 Å². The Hall–Kier alpha value is -2.24. The van der Waals surface area contributed by atoms with Gasteiger partial charge in [-0.15, -0.1) is 0 Å². The third kappa shape index (κ3) is 4.87. The van der Waals surface area contributed by atoms with E-state index >= 15 is 0 Å². The second kappa shape index (κ2) is 7.85. The molecular weight excluding hydrogens is 337 g/mol. The molecule has 0 aromatic heterocycles. The lowest BCUT2D eigenvalue weighted by Crippen LogP contribution is -2.45. The molecule has 2 aromatic rings. The summed E-state index contributed by atoms with van der Waals surface area (Å²) >= 11 is 11.7. The highest BCUT2D eigenvalue weighted by atomic mass is 35.5. The van der Waals surface area contributed by atoms with Gasteiger partial charge >= 0.3 is 0 Å². The molecule has 2 N–H and O–H groups in total. The summed E-state index contributed by atoms with van der Waals surface area (Å²) < 4.78 is 0. The molecular formula is C16H15Cl2N3O2. The van der Waals surface area contributed by atoms with Gasteiger partial charge in [0.15, 0.2) is 0 Å². The fourth-order valence-electron chi connectivity index (χ4n) is 1.84. The van der Waals surface area contributed by atoms with Crippen molar-refractivity contribution < 1.29 is 9.59 Å². The van der Waals surface area contributed by atoms with Crippen LogP contribution in [0.2, 0.25) is 10.0 Å². The van der Waals surface area contributed by atoms with Crippen molar-refractivity contribution in [2.45, 2.75) is 0 Å². The van der Waals surface area contributed by atoms with Crippen LogP contribution in [0.3, 0.4) is 0 Å². The fraction of sp³-hybridized carbons (Fsp3) is 0.125. The number of nitrogens with one attached hydrogen (secondary N) is 2. The highest BCUT2D eigenvalue weighted by Gasteiger charge is 2.11. The van der Waals surface area contributed by atoms with Crippen molar-refractivity contribution in [3.63, 3.8) is 0 Å². The molecule has 0 aliphatic heterocycles. The van der Waals surface area contributed by atoms with E-state index in [2.05, 4.69) is 10.7 Å². The maximum absolute atomic E-state index is 12.0. The first-order chi connectivity index (χ1) is 11.0. The van der Waals surface area contributed by atoms with Crippen LogP contribution in [-0.2, 0) is 4.79 Å². The molecule has 0 unspecified atom stereocenters. The van der Waals surface area contributed by atoms with Crippen LogP contribution >= 0.6 is 23.2 Å². The van der Waals surface area contributed by atoms with Gasteiger partial charge in [0.05, 0.1) is 22.3 Å². The van der Waals surface area contributed by atoms with E-state index in [-0.39, 0.29) is 17.5 Å². The van der Waals surface area contributed by atoms with Gasteiger partial charge in [-0.2, -0.15) is 0 Å². The number of anilines is 1. The van der Waals surface area contributed by atoms with Gasteiger partial charge in [-0.05, 0) is 30.3 Å². The molecule has 0 aliphatic rings. The van der Waals surface area contributed by atoms with E-state index in [9.17, 15) is 9.59 Å². The van der Waals surface area contributed by atoms with E-state index in [0.29, 0.717) is 10.6 Å². The van der Waals surface area contributed by atoms with Crippen LogP contribution in [0.1, 0.15) is 10.4 Å². The summed E-state index contributed by atoms with van der Waals surface area (Å²) in [7, 11) is 1.72. The number of nitrogens with zero attached hydrogens (tertiary/aromatic N) is 1. The maximum Gasteiger partial charge on any atom is 0.257 e. The van der Waals surface area contributed by atoms with Gasteiger partial charge in [0.25, 0.3) is 11.8 Å². The van der Waals surface area contributed by atoms with Crippen molar-refractivity contribution >= 4 is 40.7 Å². The summed E-state index contributed by atoms with van der Waals surface area (Å²) in [6, 6.07) is 13.8. The highest BCUT2D eigenvalue weighted by Crippen LogP contribution is 2.22. The molecule has 0 bridgehead atoms. The highest BCUT2D eigenvalue weighted by molar-refractivity contribution is 6.42. The smallest absolute Gasteiger partial charge is 0.257 e. The van der Waals surface area contributed by atoms with E-state index in [1.165, 1.54) is 18.2 Å². The molecule has 0 spiro atoms. The minimum atomic E-state index is -0.402. The normalized spacial score (nSPS) is 10.0. The van der Waals surface area contributed by atoms with E-state index in [0.717, 1.165) is 5.69 Å². The molecule has 5 nitrogen and oxygen atoms in total. The Balaban J connectivity index is 1.86. The Morgan fingerprint density at radius 3 is 2.39 bits per heavy atom. The SMILES string of the molecule is CN(NC(=O)CNC(=O)c1ccc(Cl)c(Cl)c1)c1ccccc1. The van der Waals surface area contributed by atoms with Crippen LogP contribution in [0.5, 0.6) is 0 Å². The lowest BCUT2D eigenvalue weighted by atomic mass is 10.2. The number of hydrazine groups is 1. The number of amides is 2. The van der Waals surface area contributed by atoms with E-state index in [4.69, 9.17) is 23.2 Å². The summed E-state index contributed by atoms with van der Waals surface area (Å²) in [4.78, 5) is 23.8. The summed E-state index contributed by atoms with van der Waals surface area (Å²) in [5.74, 6) is -0.745. The molecule has 0 saturated carbocycles. The topological polar surface area (TPSA) is 61.4 Å². The quantitative estimate of drug-likeness (QED) is 0.814. The zero-order valence-corrected chi connectivity index (χ0v) is 13.9. The molecule has 2 amide bonds. The number of carbonyl (C=O) groups excluding carboxylic acids is 2. The Labute approximate surface area is 144 Å². The average molecular weight is 352 g/mol. The number of hydrogen-bond donors (Lipinski definition) is 2. The predicted octanol–water partition coefficient (Wildman–Crippen LogP) is 2.89. The monoisotopic (exact) mass is 351 g/mol. The molecule has 2 aromatic carbocycles. The van der Waals surface area contributed by atoms with Crippen molar-refractivity contribution in [2.75, 3.05) is 18.6 Å². The van der Waals surface area contributed by atoms with Crippen LogP contribution < -0.4 is 15.8 Å². The van der Waals surface area contributed by atoms with Crippen molar-refractivity contribution in [3.8, 4) is 0 Å². The second-order valence-electron chi connectivity index (χ2n) is 4.74. The largest absolute Gasteiger partial charge is 0.343 e. The second-order valence-corrected chi connectivity index (χ2v) is 5.56. The Bertz CT molecular complexity index is 708. The number of halogens is 2. The first-order valence-corrected chi connectivity index (χ1v) is 7.54. The third-order valence-electron chi connectivity index (χ3n) is 3.03. The van der Waals surface area contributed by atoms with Gasteiger partial charge < -0.3 is 5.32 Å². The summed E-state index contributed by atoms with van der Waals surface area (Å²) in [6.45, 7) is -0.156. The summed E-state index contributed by atoms with van der Waals surface area (Å²) in [5.41, 5.74) is 3.82. The van der Waals surface area contributed by atoms with Crippen molar-refractivity contribution in [1.82, 2.24) is 10.7 Å². The van der Waals surface area contributed by atoms with E-state index in [1.807, 2.05) is 30.3 Å². The molecule has 0 saturated heterocycles. The lowest BCUT2D eigenvalue weighted by molar-refractivity contribution is -0.120. The lowest BCUT2D eigenvalue weighted by Gasteiger charge is -2.20. The zero-order chi connectivity index (χ0) is 16.8. The number of hydrogen-bond acceptors (Lipinski definition) is 3. The van der Waals surface area contributed by atoms with Gasteiger partial charge in [-0.1, -0.05) is 41.4 Å². The van der Waals surface area contributed by atoms with Gasteiger partial charge in [0.1, 0.15) is 0 Å². The number of benzene rings is 2. The van der Waals surface area contributed by atoms with Crippen LogP contribution in [0.15, 0.2) is 48.5 Å². The molecule has 2 rings (SSSR count). The van der Waals surface area contributed by atoms with Crippen molar-refractivity contribution in [2.24, 2.45) is 0 Å². The molecule has 120 valence electrons. The number of rotatable bonds is 5. The van der Waals surface area contributed by atoms with Gasteiger partial charge in [0, 0.05) is 12.6 Å². The molecule has 0 aliphatic carbocycles. The minimum absolute atomic E-state index is 0.156. The van der Waals surface area contributed by atoms with E-state index in [1.54, 1.807) is 12.1 Å². The fourth-order valence-corrected chi connectivity index (χ4v) is 2.14. The molecule has 0 fully saturated rings. The summed E-state index contributed by atoms with van der Waals surface area (Å²) in [5, 5.41) is 4.75. The van der Waals surface area contributed by atoms with Crippen molar-refractivity contribution in [3.05, 3.63) is 64.1 Å². The standard InChI is InChI=1S/C16H15Cl2N3O2/c1-21(12-5-3-2-4-6-12)20-15(22)10-19-16(23)11-7-8-13(17)14(18)9-11/h2-9H,10H2,1H3,(H,19,23)(H,20,22). The zero-order valence-electron chi connectivity index (χ0n) is 12.3. The van der Waals surface area contributed by atoms with Crippen LogP contribution in [0.25, 0.3) is 0 Å². The average Bonchev–Trinajstić information content (AvgIpc) is 2.56. The third-order valence-corrected chi connectivity index (χ3v) is 3.77. The number of para-hydroxylation sites is 1. The Morgan fingerprint density at radius 1 is 1.04 bits per heavy atom. The predicted molar refractivity (Wildman–Crippen MR) is 91.8 cm³/mol. The Morgan fingerprint density at radius 2 is 1.74 bits per heavy atom. The first kappa shape index (κ1) is 17.1. The van der Waals surface area contributed by atoms with Gasteiger partial charge in [-0.3, -0.25) is 20.0 Å². The number of carbonyl (C=O) groups is 2.